The van der Waals surface area contributed by atoms with Crippen molar-refractivity contribution in [1.82, 2.24) is 25.8 Å². The van der Waals surface area contributed by atoms with Crippen molar-refractivity contribution in [2.24, 2.45) is 0 Å². The van der Waals surface area contributed by atoms with Gasteiger partial charge in [-0.2, -0.15) is 5.26 Å². The highest BCUT2D eigenvalue weighted by Crippen LogP contribution is 2.39. The van der Waals surface area contributed by atoms with E-state index < -0.39 is 60.7 Å². The van der Waals surface area contributed by atoms with Gasteiger partial charge < -0.3 is 39.6 Å². The zero-order valence-corrected chi connectivity index (χ0v) is 42.3. The maximum Gasteiger partial charge on any atom is 0.264 e. The van der Waals surface area contributed by atoms with Crippen LogP contribution in [0.4, 0.5) is 5.69 Å². The molecule has 2 unspecified atom stereocenters. The van der Waals surface area contributed by atoms with Gasteiger partial charge in [-0.15, -0.1) is 0 Å². The fourth-order valence-electron chi connectivity index (χ4n) is 9.65. The van der Waals surface area contributed by atoms with Gasteiger partial charge in [0.25, 0.3) is 11.8 Å². The van der Waals surface area contributed by atoms with Crippen LogP contribution in [0.5, 0.6) is 23.0 Å². The molecule has 0 aromatic heterocycles. The molecular formula is C56H54ClN7O12. The Labute approximate surface area is 442 Å². The molecule has 5 aromatic carbocycles. The first-order chi connectivity index (χ1) is 36.8. The molecule has 5 aromatic rings. The van der Waals surface area contributed by atoms with Crippen LogP contribution in [0.3, 0.4) is 0 Å². The average Bonchev–Trinajstić information content (AvgIpc) is 3.69. The fraction of sp³-hybridized carbons (Fsp3) is 0.321. The summed E-state index contributed by atoms with van der Waals surface area (Å²) >= 11 is 6.98. The lowest BCUT2D eigenvalue weighted by molar-refractivity contribution is -0.136. The quantitative estimate of drug-likeness (QED) is 0.0568. The number of ether oxygens (including phenoxy) is 5. The Hall–Kier alpha value is -8.31. The lowest BCUT2D eigenvalue weighted by Gasteiger charge is -2.35. The number of fused-ring (bicyclic) bond motifs is 2. The van der Waals surface area contributed by atoms with Crippen LogP contribution in [-0.2, 0) is 48.5 Å². The van der Waals surface area contributed by atoms with Gasteiger partial charge >= 0.3 is 0 Å². The Morgan fingerprint density at radius 2 is 1.55 bits per heavy atom. The molecule has 0 spiro atoms. The van der Waals surface area contributed by atoms with E-state index in [-0.39, 0.29) is 61.9 Å². The maximum atomic E-state index is 13.8. The minimum absolute atomic E-state index is 0.00703. The van der Waals surface area contributed by atoms with Gasteiger partial charge in [0, 0.05) is 37.7 Å². The van der Waals surface area contributed by atoms with Crippen molar-refractivity contribution < 1.29 is 57.2 Å². The highest BCUT2D eigenvalue weighted by molar-refractivity contribution is 6.32. The second-order valence-electron chi connectivity index (χ2n) is 18.6. The summed E-state index contributed by atoms with van der Waals surface area (Å²) in [5, 5.41) is 20.2. The molecule has 2 atom stereocenters. The third-order valence-electron chi connectivity index (χ3n) is 13.5. The van der Waals surface area contributed by atoms with Gasteiger partial charge in [0.05, 0.1) is 39.5 Å². The number of anilines is 1. The van der Waals surface area contributed by atoms with E-state index in [2.05, 4.69) is 38.3 Å². The lowest BCUT2D eigenvalue weighted by Crippen LogP contribution is -2.54. The Balaban J connectivity index is 0.779. The van der Waals surface area contributed by atoms with E-state index in [1.807, 2.05) is 43.3 Å². The molecule has 76 heavy (non-hydrogen) atoms. The largest absolute Gasteiger partial charge is 0.488 e. The number of amides is 7. The van der Waals surface area contributed by atoms with Crippen molar-refractivity contribution in [1.29, 1.82) is 5.26 Å². The highest BCUT2D eigenvalue weighted by atomic mass is 35.5. The zero-order chi connectivity index (χ0) is 53.3. The Kier molecular flexibility index (Phi) is 16.5. The maximum absolute atomic E-state index is 13.8. The molecule has 4 heterocycles. The van der Waals surface area contributed by atoms with E-state index in [0.29, 0.717) is 60.6 Å². The molecule has 2 saturated heterocycles. The van der Waals surface area contributed by atoms with Gasteiger partial charge in [-0.05, 0) is 103 Å². The number of carbonyl (C=O) groups excluding carboxylic acids is 7. The van der Waals surface area contributed by atoms with Crippen LogP contribution in [-0.4, -0.2) is 109 Å². The van der Waals surface area contributed by atoms with Gasteiger partial charge in [0.15, 0.2) is 11.5 Å². The van der Waals surface area contributed by atoms with Crippen LogP contribution in [0, 0.1) is 18.3 Å². The van der Waals surface area contributed by atoms with Gasteiger partial charge in [0.2, 0.25) is 29.5 Å². The normalized spacial score (nSPS) is 17.0. The number of hydrogen-bond acceptors (Lipinski definition) is 14. The molecule has 20 heteroatoms. The van der Waals surface area contributed by atoms with Crippen LogP contribution in [0.15, 0.2) is 91.0 Å². The molecule has 0 bridgehead atoms. The van der Waals surface area contributed by atoms with E-state index in [4.69, 9.17) is 35.3 Å². The first-order valence-electron chi connectivity index (χ1n) is 24.9. The molecule has 4 aliphatic rings. The van der Waals surface area contributed by atoms with Gasteiger partial charge in [-0.1, -0.05) is 60.5 Å². The fourth-order valence-corrected chi connectivity index (χ4v) is 9.89. The summed E-state index contributed by atoms with van der Waals surface area (Å²) in [5.41, 5.74) is 5.95. The number of nitrogens with zero attached hydrogens (tertiary/aromatic N) is 3. The van der Waals surface area contributed by atoms with Crippen molar-refractivity contribution >= 4 is 58.6 Å². The molecule has 9 rings (SSSR count). The summed E-state index contributed by atoms with van der Waals surface area (Å²) in [6.07, 6.45) is 2.23. The second-order valence-corrected chi connectivity index (χ2v) is 19.0. The monoisotopic (exact) mass is 1050 g/mol. The van der Waals surface area contributed by atoms with Crippen molar-refractivity contribution in [3.8, 4) is 40.2 Å². The number of nitriles is 1. The molecule has 2 fully saturated rings. The molecule has 392 valence electrons. The number of hydrogen-bond donors (Lipinski definition) is 4. The summed E-state index contributed by atoms with van der Waals surface area (Å²) in [4.78, 5) is 92.8. The van der Waals surface area contributed by atoms with Gasteiger partial charge in [-0.25, -0.2) is 0 Å². The number of piperidine rings is 2. The van der Waals surface area contributed by atoms with Crippen LogP contribution in [0.1, 0.15) is 80.6 Å². The predicted molar refractivity (Wildman–Crippen MR) is 276 cm³/mol. The van der Waals surface area contributed by atoms with Crippen molar-refractivity contribution in [3.63, 3.8) is 0 Å². The minimum atomic E-state index is -1.17. The topological polar surface area (TPSA) is 244 Å². The number of halogens is 1. The number of nitrogens with one attached hydrogen (secondary N) is 4. The molecule has 19 nitrogen and oxygen atoms in total. The molecule has 4 N–H and O–H groups in total. The van der Waals surface area contributed by atoms with Crippen molar-refractivity contribution in [3.05, 3.63) is 135 Å². The summed E-state index contributed by atoms with van der Waals surface area (Å²) in [7, 11) is 0. The summed E-state index contributed by atoms with van der Waals surface area (Å²) < 4.78 is 29.8. The van der Waals surface area contributed by atoms with Crippen molar-refractivity contribution in [2.75, 3.05) is 51.4 Å². The van der Waals surface area contributed by atoms with E-state index in [9.17, 15) is 38.8 Å². The number of carbonyl (C=O) groups is 7. The third-order valence-corrected chi connectivity index (χ3v) is 13.8. The summed E-state index contributed by atoms with van der Waals surface area (Å²) in [6, 6.07) is 27.5. The van der Waals surface area contributed by atoms with Gasteiger partial charge in [-0.3, -0.25) is 48.7 Å². The zero-order valence-electron chi connectivity index (χ0n) is 41.5. The van der Waals surface area contributed by atoms with Crippen LogP contribution in [0.25, 0.3) is 11.1 Å². The van der Waals surface area contributed by atoms with Crippen LogP contribution < -0.4 is 40.2 Å². The van der Waals surface area contributed by atoms with E-state index in [1.165, 1.54) is 18.2 Å². The number of likely N-dealkylation sites (tertiary alicyclic amines) is 1. The predicted octanol–water partition coefficient (Wildman–Crippen LogP) is 5.76. The standard InChI is InChI=1S/C56H54ClN7O12/c1-33-37(9-5-10-39(33)36-14-16-45-48(25-36)74-22-21-73-45)30-76-47-26-46(75-29-35-8-4-7-34(23-35)27-58)38(24-41(47)57)28-63-20-3-2-13-43(63)53(68)60-19-18-59-50(66)31-72-32-51(67)61-42-12-6-11-40-52(42)56(71)64(55(40)70)44-15-17-49(65)62-54(44)69/h4-12,14,16,23-26,43-44H,2-3,13,15,17-22,28-32H2,1H3,(H,59,66)(H,60,68)(H,61,67)(H,62,65,69). The summed E-state index contributed by atoms with van der Waals surface area (Å²) in [6.45, 7) is 3.51. The molecule has 7 amide bonds. The van der Waals surface area contributed by atoms with E-state index in [1.54, 1.807) is 30.3 Å². The number of rotatable bonds is 19. The molecule has 0 radical (unpaired) electrons. The minimum Gasteiger partial charge on any atom is -0.488 e. The average molecular weight is 1050 g/mol. The first kappa shape index (κ1) is 52.5. The van der Waals surface area contributed by atoms with E-state index in [0.717, 1.165) is 56.9 Å². The lowest BCUT2D eigenvalue weighted by atomic mass is 9.96. The Morgan fingerprint density at radius 3 is 2.38 bits per heavy atom. The van der Waals surface area contributed by atoms with E-state index >= 15 is 0 Å². The highest BCUT2D eigenvalue weighted by Gasteiger charge is 2.46. The summed E-state index contributed by atoms with van der Waals surface area (Å²) in [5.74, 6) is -1.90. The molecule has 0 saturated carbocycles. The van der Waals surface area contributed by atoms with Crippen molar-refractivity contribution in [2.45, 2.75) is 70.9 Å². The van der Waals surface area contributed by atoms with Crippen LogP contribution >= 0.6 is 11.6 Å². The smallest absolute Gasteiger partial charge is 0.264 e. The molecular weight excluding hydrogens is 998 g/mol. The SMILES string of the molecule is Cc1c(COc2cc(OCc3cccc(C#N)c3)c(CN3CCCCC3C(=O)NCCNC(=O)COCC(=O)Nc3cccc4c3C(=O)N(C3CCC(=O)NC3=O)C4=O)cc2Cl)cccc1-c1ccc2c(c1)OCCO2. The Morgan fingerprint density at radius 1 is 0.789 bits per heavy atom. The third kappa shape index (κ3) is 12.1. The van der Waals surface area contributed by atoms with Gasteiger partial charge in [0.1, 0.15) is 57.2 Å². The molecule has 0 aliphatic carbocycles. The Bertz CT molecular complexity index is 3160. The van der Waals surface area contributed by atoms with Crippen LogP contribution in [0.2, 0.25) is 5.02 Å². The second kappa shape index (κ2) is 23.9. The number of benzene rings is 5. The molecule has 4 aliphatic heterocycles. The number of imide groups is 2. The first-order valence-corrected chi connectivity index (χ1v) is 25.3.